The van der Waals surface area contributed by atoms with E-state index in [4.69, 9.17) is 28.4 Å². The minimum atomic E-state index is -1.78. The van der Waals surface area contributed by atoms with Gasteiger partial charge in [0.1, 0.15) is 29.6 Å². The van der Waals surface area contributed by atoms with E-state index in [2.05, 4.69) is 29.3 Å². The maximum Gasteiger partial charge on any atom is 0.173 e. The fraction of sp³-hybridized carbons (Fsp3) is 1.00. The highest BCUT2D eigenvalue weighted by Gasteiger charge is 2.72. The summed E-state index contributed by atoms with van der Waals surface area (Å²) in [5.74, 6) is -2.30. The van der Waals surface area contributed by atoms with Gasteiger partial charge in [-0.15, -0.1) is 0 Å². The molecular formula is C20H32BrFO6P2. The molecule has 6 nitrogen and oxygen atoms in total. The summed E-state index contributed by atoms with van der Waals surface area (Å²) >= 11 is 3.80. The fourth-order valence-electron chi connectivity index (χ4n) is 7.11. The molecule has 10 heteroatoms. The molecule has 0 aromatic heterocycles. The molecule has 30 heavy (non-hydrogen) atoms. The molecule has 8 saturated heterocycles. The van der Waals surface area contributed by atoms with E-state index in [-0.39, 0.29) is 10.7 Å². The molecule has 8 atom stereocenters. The maximum absolute atomic E-state index is 14.4. The van der Waals surface area contributed by atoms with Gasteiger partial charge in [-0.25, -0.2) is 4.20 Å². The Hall–Kier alpha value is 1.03. The molecule has 0 radical (unpaired) electrons. The molecule has 8 rings (SSSR count). The van der Waals surface area contributed by atoms with Crippen LogP contribution in [0.15, 0.2) is 0 Å². The summed E-state index contributed by atoms with van der Waals surface area (Å²) in [5.41, 5.74) is 0. The van der Waals surface area contributed by atoms with Crippen LogP contribution in [-0.4, -0.2) is 44.5 Å². The van der Waals surface area contributed by atoms with Crippen LogP contribution in [0.5, 0.6) is 0 Å². The summed E-state index contributed by atoms with van der Waals surface area (Å²) in [7, 11) is -1.78. The first-order valence-corrected chi connectivity index (χ1v) is 15.1. The predicted molar refractivity (Wildman–Crippen MR) is 116 cm³/mol. The van der Waals surface area contributed by atoms with Gasteiger partial charge in [-0.1, -0.05) is 15.5 Å². The minimum Gasteiger partial charge on any atom is -0.338 e. The van der Waals surface area contributed by atoms with Crippen molar-refractivity contribution < 1.29 is 32.6 Å². The molecule has 0 aromatic rings. The number of rotatable bonds is 0. The van der Waals surface area contributed by atoms with E-state index in [1.165, 1.54) is 0 Å². The van der Waals surface area contributed by atoms with Crippen molar-refractivity contribution in [1.29, 1.82) is 0 Å². The van der Waals surface area contributed by atoms with Crippen LogP contribution in [0.3, 0.4) is 0 Å². The molecule has 8 fully saturated rings. The van der Waals surface area contributed by atoms with Crippen LogP contribution in [-0.2, 0) is 28.4 Å². The Balaban J connectivity index is 0.000000128. The summed E-state index contributed by atoms with van der Waals surface area (Å²) in [6.07, 6.45) is 2.57. The molecule has 0 spiro atoms. The third-order valence-electron chi connectivity index (χ3n) is 6.86. The Morgan fingerprint density at radius 1 is 0.533 bits per heavy atom. The van der Waals surface area contributed by atoms with Gasteiger partial charge in [0.25, 0.3) is 0 Å². The third kappa shape index (κ3) is 3.15. The second kappa shape index (κ2) is 5.98. The van der Waals surface area contributed by atoms with E-state index >= 15 is 0 Å². The maximum atomic E-state index is 14.4. The zero-order chi connectivity index (χ0) is 22.2. The summed E-state index contributed by atoms with van der Waals surface area (Å²) in [6.45, 7) is 15.4. The SMILES string of the molecule is CC12CC3(C)OC(C)(CC(C)(O1)P3Br)O2.CC12CC3(C)OC(C)(CC(C)(O1)P3F)O2. The summed E-state index contributed by atoms with van der Waals surface area (Å²) in [5, 5.41) is -1.66. The average molecular weight is 529 g/mol. The number of ether oxygens (including phenoxy) is 6. The van der Waals surface area contributed by atoms with Gasteiger partial charge in [-0.05, 0) is 55.4 Å². The molecule has 0 saturated carbocycles. The smallest absolute Gasteiger partial charge is 0.173 e. The first-order valence-electron chi connectivity index (χ1n) is 10.5. The Morgan fingerprint density at radius 2 is 0.800 bits per heavy atom. The molecule has 0 amide bonds. The molecule has 0 aliphatic carbocycles. The molecule has 0 aromatic carbocycles. The van der Waals surface area contributed by atoms with Crippen LogP contribution in [0.2, 0.25) is 0 Å². The van der Waals surface area contributed by atoms with Crippen LogP contribution >= 0.6 is 30.3 Å². The average Bonchev–Trinajstić information content (AvgIpc) is 2.44. The Labute approximate surface area is 188 Å². The number of hydrogen-bond acceptors (Lipinski definition) is 6. The topological polar surface area (TPSA) is 55.4 Å². The lowest BCUT2D eigenvalue weighted by molar-refractivity contribution is -0.469. The van der Waals surface area contributed by atoms with E-state index in [1.54, 1.807) is 0 Å². The van der Waals surface area contributed by atoms with E-state index in [1.807, 2.05) is 41.5 Å². The van der Waals surface area contributed by atoms with E-state index < -0.39 is 48.7 Å². The Morgan fingerprint density at radius 3 is 1.13 bits per heavy atom. The van der Waals surface area contributed by atoms with Crippen LogP contribution < -0.4 is 0 Å². The normalized spacial score (nSPS) is 67.4. The van der Waals surface area contributed by atoms with Crippen molar-refractivity contribution in [2.75, 3.05) is 0 Å². The van der Waals surface area contributed by atoms with Gasteiger partial charge >= 0.3 is 0 Å². The zero-order valence-electron chi connectivity index (χ0n) is 18.9. The van der Waals surface area contributed by atoms with Crippen molar-refractivity contribution in [2.24, 2.45) is 0 Å². The minimum absolute atomic E-state index is 0.123. The molecule has 8 bridgehead atoms. The monoisotopic (exact) mass is 528 g/mol. The van der Waals surface area contributed by atoms with E-state index in [0.29, 0.717) is 12.8 Å². The first kappa shape index (κ1) is 22.8. The van der Waals surface area contributed by atoms with Crippen molar-refractivity contribution in [3.8, 4) is 0 Å². The predicted octanol–water partition coefficient (Wildman–Crippen LogP) is 6.60. The molecule has 8 aliphatic heterocycles. The van der Waals surface area contributed by atoms with E-state index in [9.17, 15) is 4.20 Å². The first-order chi connectivity index (χ1) is 13.4. The second-order valence-corrected chi connectivity index (χ2v) is 18.2. The number of halogens is 2. The van der Waals surface area contributed by atoms with Crippen molar-refractivity contribution in [1.82, 2.24) is 0 Å². The Kier molecular flexibility index (Phi) is 4.55. The van der Waals surface area contributed by atoms with Crippen molar-refractivity contribution in [3.63, 3.8) is 0 Å². The summed E-state index contributed by atoms with van der Waals surface area (Å²) < 4.78 is 49.9. The second-order valence-electron chi connectivity index (χ2n) is 11.1. The van der Waals surface area contributed by atoms with E-state index in [0.717, 1.165) is 12.8 Å². The van der Waals surface area contributed by atoms with Gasteiger partial charge in [0.2, 0.25) is 0 Å². The lowest BCUT2D eigenvalue weighted by Gasteiger charge is -2.68. The number of hydrogen-bond donors (Lipinski definition) is 0. The summed E-state index contributed by atoms with van der Waals surface area (Å²) in [6, 6.07) is 0. The largest absolute Gasteiger partial charge is 0.338 e. The van der Waals surface area contributed by atoms with Gasteiger partial charge in [-0.3, -0.25) is 0 Å². The van der Waals surface area contributed by atoms with Gasteiger partial charge in [0.15, 0.2) is 23.1 Å². The van der Waals surface area contributed by atoms with Gasteiger partial charge in [0.05, 0.1) is 0 Å². The van der Waals surface area contributed by atoms with Crippen molar-refractivity contribution in [3.05, 3.63) is 0 Å². The lowest BCUT2D eigenvalue weighted by Crippen LogP contribution is -2.70. The summed E-state index contributed by atoms with van der Waals surface area (Å²) in [4.78, 5) is 0. The van der Waals surface area contributed by atoms with Crippen molar-refractivity contribution >= 4 is 30.3 Å². The van der Waals surface area contributed by atoms with Crippen LogP contribution in [0.4, 0.5) is 4.20 Å². The molecule has 172 valence electrons. The zero-order valence-corrected chi connectivity index (χ0v) is 22.3. The molecule has 8 unspecified atom stereocenters. The fourth-order valence-corrected chi connectivity index (χ4v) is 13.1. The Bertz CT molecular complexity index is 647. The highest BCUT2D eigenvalue weighted by Crippen LogP contribution is 2.80. The van der Waals surface area contributed by atoms with Crippen LogP contribution in [0, 0.1) is 0 Å². The van der Waals surface area contributed by atoms with Crippen LogP contribution in [0.25, 0.3) is 0 Å². The highest BCUT2D eigenvalue weighted by atomic mass is 79.9. The van der Waals surface area contributed by atoms with Gasteiger partial charge < -0.3 is 28.4 Å². The molecule has 0 N–H and O–H groups in total. The van der Waals surface area contributed by atoms with Crippen LogP contribution in [0.1, 0.15) is 81.1 Å². The van der Waals surface area contributed by atoms with Gasteiger partial charge in [-0.2, -0.15) is 0 Å². The molecule has 8 heterocycles. The molecule has 8 aliphatic rings. The van der Waals surface area contributed by atoms with Gasteiger partial charge in [0, 0.05) is 32.3 Å². The third-order valence-corrected chi connectivity index (χ3v) is 15.7. The lowest BCUT2D eigenvalue weighted by atomic mass is 9.98. The quantitative estimate of drug-likeness (QED) is 0.330. The molecular weight excluding hydrogens is 497 g/mol. The standard InChI is InChI=1S/C10H16BrO3P.C10H16FO3P/c2*1-7-5-9(3)14-8(2,12-7)6-10(4,13-7)15(9)11/h2*5-6H2,1-4H3. The highest BCUT2D eigenvalue weighted by molar-refractivity contribution is 9.39. The van der Waals surface area contributed by atoms with Crippen molar-refractivity contribution in [2.45, 2.75) is 126 Å².